The summed E-state index contributed by atoms with van der Waals surface area (Å²) < 4.78 is 11.2. The van der Waals surface area contributed by atoms with Crippen molar-refractivity contribution >= 4 is 0 Å². The monoisotopic (exact) mass is 396 g/mol. The minimum Gasteiger partial charge on any atom is -0.493 e. The van der Waals surface area contributed by atoms with E-state index in [1.54, 1.807) is 7.11 Å². The molecule has 29 heavy (non-hydrogen) atoms. The number of benzene rings is 2. The summed E-state index contributed by atoms with van der Waals surface area (Å²) in [5.74, 6) is 1.59. The van der Waals surface area contributed by atoms with Crippen LogP contribution in [0.2, 0.25) is 0 Å². The molecule has 2 aromatic rings. The summed E-state index contributed by atoms with van der Waals surface area (Å²) in [6, 6.07) is 17.8. The third kappa shape index (κ3) is 4.74. The Morgan fingerprint density at radius 2 is 1.83 bits per heavy atom. The van der Waals surface area contributed by atoms with E-state index in [9.17, 15) is 5.11 Å². The Labute approximate surface area is 173 Å². The third-order valence-corrected chi connectivity index (χ3v) is 6.14. The van der Waals surface area contributed by atoms with Gasteiger partial charge in [0.15, 0.2) is 11.5 Å². The SMILES string of the molecule is CCOc1cc(CN2C[C@@H]3C[C@@H](O)CN3C[C@H]2Cc2ccccc2)ccc1OC. The van der Waals surface area contributed by atoms with Crippen LogP contribution in [0.5, 0.6) is 11.5 Å². The lowest BCUT2D eigenvalue weighted by atomic mass is 9.99. The van der Waals surface area contributed by atoms with E-state index < -0.39 is 0 Å². The molecule has 5 nitrogen and oxygen atoms in total. The molecular formula is C24H32N2O3. The molecule has 5 heteroatoms. The molecule has 0 bridgehead atoms. The second-order valence-corrected chi connectivity index (χ2v) is 8.19. The fourth-order valence-electron chi connectivity index (χ4n) is 4.77. The topological polar surface area (TPSA) is 45.2 Å². The minimum absolute atomic E-state index is 0.192. The van der Waals surface area contributed by atoms with Crippen molar-refractivity contribution in [2.45, 2.75) is 44.5 Å². The number of nitrogens with zero attached hydrogens (tertiary/aromatic N) is 2. The van der Waals surface area contributed by atoms with Crippen molar-refractivity contribution in [3.05, 3.63) is 59.7 Å². The highest BCUT2D eigenvalue weighted by Crippen LogP contribution is 2.31. The number of aliphatic hydroxyl groups is 1. The van der Waals surface area contributed by atoms with E-state index >= 15 is 0 Å². The zero-order valence-corrected chi connectivity index (χ0v) is 17.5. The summed E-state index contributed by atoms with van der Waals surface area (Å²) in [7, 11) is 1.68. The first-order valence-electron chi connectivity index (χ1n) is 10.7. The molecule has 2 aliphatic rings. The Bertz CT molecular complexity index is 798. The van der Waals surface area contributed by atoms with Gasteiger partial charge in [0, 0.05) is 38.3 Å². The van der Waals surface area contributed by atoms with E-state index in [-0.39, 0.29) is 6.10 Å². The lowest BCUT2D eigenvalue weighted by Gasteiger charge is -2.44. The molecule has 0 spiro atoms. The van der Waals surface area contributed by atoms with Crippen LogP contribution in [-0.4, -0.2) is 66.4 Å². The van der Waals surface area contributed by atoms with Crippen molar-refractivity contribution in [2.75, 3.05) is 33.4 Å². The summed E-state index contributed by atoms with van der Waals surface area (Å²) in [5, 5.41) is 10.2. The maximum Gasteiger partial charge on any atom is 0.161 e. The lowest BCUT2D eigenvalue weighted by molar-refractivity contribution is 0.0444. The third-order valence-electron chi connectivity index (χ3n) is 6.14. The molecule has 4 rings (SSSR count). The van der Waals surface area contributed by atoms with Crippen molar-refractivity contribution in [2.24, 2.45) is 0 Å². The number of fused-ring (bicyclic) bond motifs is 1. The van der Waals surface area contributed by atoms with Gasteiger partial charge in [0.2, 0.25) is 0 Å². The van der Waals surface area contributed by atoms with Crippen LogP contribution in [0.1, 0.15) is 24.5 Å². The molecule has 2 heterocycles. The molecule has 0 aromatic heterocycles. The van der Waals surface area contributed by atoms with Crippen LogP contribution in [0, 0.1) is 0 Å². The first-order valence-corrected chi connectivity index (χ1v) is 10.7. The first kappa shape index (κ1) is 20.2. The van der Waals surface area contributed by atoms with Gasteiger partial charge in [-0.2, -0.15) is 0 Å². The molecule has 0 amide bonds. The van der Waals surface area contributed by atoms with E-state index in [0.717, 1.165) is 50.5 Å². The van der Waals surface area contributed by atoms with Gasteiger partial charge in [0.1, 0.15) is 0 Å². The van der Waals surface area contributed by atoms with Crippen molar-refractivity contribution in [3.63, 3.8) is 0 Å². The number of hydrogen-bond acceptors (Lipinski definition) is 5. The van der Waals surface area contributed by atoms with E-state index in [1.165, 1.54) is 11.1 Å². The van der Waals surface area contributed by atoms with Crippen molar-refractivity contribution in [1.29, 1.82) is 0 Å². The highest BCUT2D eigenvalue weighted by molar-refractivity contribution is 5.43. The molecule has 156 valence electrons. The van der Waals surface area contributed by atoms with Gasteiger partial charge in [-0.15, -0.1) is 0 Å². The summed E-state index contributed by atoms with van der Waals surface area (Å²) in [6.45, 7) is 6.29. The summed E-state index contributed by atoms with van der Waals surface area (Å²) in [4.78, 5) is 5.07. The predicted molar refractivity (Wildman–Crippen MR) is 114 cm³/mol. The summed E-state index contributed by atoms with van der Waals surface area (Å²) in [5.41, 5.74) is 2.60. The number of piperazine rings is 1. The van der Waals surface area contributed by atoms with Crippen LogP contribution >= 0.6 is 0 Å². The van der Waals surface area contributed by atoms with E-state index in [0.29, 0.717) is 18.7 Å². The fraction of sp³-hybridized carbons (Fsp3) is 0.500. The van der Waals surface area contributed by atoms with Gasteiger partial charge in [0.05, 0.1) is 19.8 Å². The van der Waals surface area contributed by atoms with Crippen LogP contribution in [0.4, 0.5) is 0 Å². The summed E-state index contributed by atoms with van der Waals surface area (Å²) in [6.07, 6.45) is 1.71. The van der Waals surface area contributed by atoms with Gasteiger partial charge in [-0.25, -0.2) is 0 Å². The lowest BCUT2D eigenvalue weighted by Crippen LogP contribution is -2.56. The van der Waals surface area contributed by atoms with Gasteiger partial charge in [-0.3, -0.25) is 9.80 Å². The van der Waals surface area contributed by atoms with E-state index in [2.05, 4.69) is 52.3 Å². The number of methoxy groups -OCH3 is 1. The second-order valence-electron chi connectivity index (χ2n) is 8.19. The molecular weight excluding hydrogens is 364 g/mol. The first-order chi connectivity index (χ1) is 14.2. The maximum atomic E-state index is 10.2. The number of hydrogen-bond donors (Lipinski definition) is 1. The van der Waals surface area contributed by atoms with Crippen LogP contribution in [0.25, 0.3) is 0 Å². The minimum atomic E-state index is -0.192. The van der Waals surface area contributed by atoms with Gasteiger partial charge in [-0.1, -0.05) is 36.4 Å². The smallest absolute Gasteiger partial charge is 0.161 e. The molecule has 0 radical (unpaired) electrons. The Kier molecular flexibility index (Phi) is 6.38. The predicted octanol–water partition coefficient (Wildman–Crippen LogP) is 2.96. The standard InChI is InChI=1S/C24H32N2O3/c1-3-29-24-12-19(9-10-23(24)28-2)14-25-16-21-13-22(27)17-26(21)15-20(25)11-18-7-5-4-6-8-18/h4-10,12,20-22,27H,3,11,13-17H2,1-2H3/t20-,21+,22-/m1/s1. The molecule has 2 aromatic carbocycles. The zero-order chi connectivity index (χ0) is 20.2. The Hall–Kier alpha value is -2.08. The molecule has 2 saturated heterocycles. The average Bonchev–Trinajstić information content (AvgIpc) is 3.08. The van der Waals surface area contributed by atoms with Gasteiger partial charge in [-0.05, 0) is 43.0 Å². The molecule has 0 unspecified atom stereocenters. The maximum absolute atomic E-state index is 10.2. The van der Waals surface area contributed by atoms with Crippen LogP contribution in [0.3, 0.4) is 0 Å². The normalized spacial score (nSPS) is 25.0. The van der Waals surface area contributed by atoms with E-state index in [1.807, 2.05) is 13.0 Å². The number of ether oxygens (including phenoxy) is 2. The molecule has 0 saturated carbocycles. The molecule has 0 aliphatic carbocycles. The highest BCUT2D eigenvalue weighted by Gasteiger charge is 2.39. The van der Waals surface area contributed by atoms with Gasteiger partial charge < -0.3 is 14.6 Å². The Morgan fingerprint density at radius 3 is 2.59 bits per heavy atom. The number of aliphatic hydroxyl groups excluding tert-OH is 1. The largest absolute Gasteiger partial charge is 0.493 e. The van der Waals surface area contributed by atoms with Crippen LogP contribution in [0.15, 0.2) is 48.5 Å². The van der Waals surface area contributed by atoms with Crippen LogP contribution < -0.4 is 9.47 Å². The molecule has 2 fully saturated rings. The highest BCUT2D eigenvalue weighted by atomic mass is 16.5. The Morgan fingerprint density at radius 1 is 1.00 bits per heavy atom. The molecule has 3 atom stereocenters. The molecule has 1 N–H and O–H groups in total. The van der Waals surface area contributed by atoms with Crippen molar-refractivity contribution < 1.29 is 14.6 Å². The van der Waals surface area contributed by atoms with E-state index in [4.69, 9.17) is 9.47 Å². The average molecular weight is 397 g/mol. The van der Waals surface area contributed by atoms with Crippen molar-refractivity contribution in [3.8, 4) is 11.5 Å². The van der Waals surface area contributed by atoms with Crippen LogP contribution in [-0.2, 0) is 13.0 Å². The zero-order valence-electron chi connectivity index (χ0n) is 17.5. The fourth-order valence-corrected chi connectivity index (χ4v) is 4.77. The van der Waals surface area contributed by atoms with Gasteiger partial charge in [0.25, 0.3) is 0 Å². The quantitative estimate of drug-likeness (QED) is 0.780. The number of rotatable bonds is 7. The summed E-state index contributed by atoms with van der Waals surface area (Å²) >= 11 is 0. The Balaban J connectivity index is 1.54. The van der Waals surface area contributed by atoms with Crippen molar-refractivity contribution in [1.82, 2.24) is 9.80 Å². The molecule has 2 aliphatic heterocycles. The van der Waals surface area contributed by atoms with Gasteiger partial charge >= 0.3 is 0 Å². The second kappa shape index (κ2) is 9.16.